The van der Waals surface area contributed by atoms with Crippen LogP contribution in [0.3, 0.4) is 0 Å². The van der Waals surface area contributed by atoms with E-state index in [9.17, 15) is 4.79 Å². The van der Waals surface area contributed by atoms with E-state index in [4.69, 9.17) is 10.7 Å². The molecule has 6 nitrogen and oxygen atoms in total. The lowest BCUT2D eigenvalue weighted by atomic mass is 9.98. The number of likely N-dealkylation sites (tertiary alicyclic amines) is 1. The molecule has 3 aromatic heterocycles. The van der Waals surface area contributed by atoms with Crippen molar-refractivity contribution in [3.8, 4) is 10.6 Å². The molecule has 2 N–H and O–H groups in total. The Morgan fingerprint density at radius 3 is 2.76 bits per heavy atom. The van der Waals surface area contributed by atoms with E-state index in [1.807, 2.05) is 42.5 Å². The van der Waals surface area contributed by atoms with Crippen LogP contribution in [-0.2, 0) is 7.05 Å². The molecule has 2 aliphatic rings. The van der Waals surface area contributed by atoms with E-state index in [1.54, 1.807) is 16.0 Å². The highest BCUT2D eigenvalue weighted by Crippen LogP contribution is 2.38. The summed E-state index contributed by atoms with van der Waals surface area (Å²) in [5.74, 6) is 1.07. The standard InChI is InChI=1S/C20H23N5OS.2ClH/c1-11-18-13(20(26)25-9-12-5-6-15(21)14(12)10-25)8-16(17-4-3-7-27-17)22-19(18)24(2)23-11;;/h3-4,7-8,12,14-15H,5-6,9-10,21H2,1-2H3;2*1H. The van der Waals surface area contributed by atoms with E-state index in [0.29, 0.717) is 17.4 Å². The number of nitrogens with two attached hydrogens (primary N) is 1. The Balaban J connectivity index is 0.00000120. The number of hydrogen-bond donors (Lipinski definition) is 1. The van der Waals surface area contributed by atoms with Crippen LogP contribution >= 0.6 is 36.2 Å². The lowest BCUT2D eigenvalue weighted by Gasteiger charge is -2.19. The smallest absolute Gasteiger partial charge is 0.254 e. The quantitative estimate of drug-likeness (QED) is 0.641. The van der Waals surface area contributed by atoms with Gasteiger partial charge in [-0.1, -0.05) is 6.07 Å². The third-order valence-corrected chi connectivity index (χ3v) is 7.06. The summed E-state index contributed by atoms with van der Waals surface area (Å²) in [6, 6.07) is 6.21. The fraction of sp³-hybridized carbons (Fsp3) is 0.450. The number of thiophene rings is 1. The van der Waals surface area contributed by atoms with E-state index >= 15 is 0 Å². The molecule has 3 unspecified atom stereocenters. The zero-order valence-corrected chi connectivity index (χ0v) is 18.8. The Morgan fingerprint density at radius 1 is 1.28 bits per heavy atom. The number of aromatic nitrogens is 3. The third kappa shape index (κ3) is 3.54. The molecule has 0 radical (unpaired) electrons. The van der Waals surface area contributed by atoms with Gasteiger partial charge in [0.15, 0.2) is 5.65 Å². The average Bonchev–Trinajstić information content (AvgIpc) is 3.42. The lowest BCUT2D eigenvalue weighted by molar-refractivity contribution is 0.0781. The zero-order valence-electron chi connectivity index (χ0n) is 16.4. The molecule has 0 bridgehead atoms. The maximum absolute atomic E-state index is 13.5. The van der Waals surface area contributed by atoms with Gasteiger partial charge in [-0.2, -0.15) is 5.10 Å². The molecule has 9 heteroatoms. The van der Waals surface area contributed by atoms with E-state index < -0.39 is 0 Å². The Kier molecular flexibility index (Phi) is 6.24. The molecule has 0 aromatic carbocycles. The molecule has 156 valence electrons. The number of aryl methyl sites for hydroxylation is 2. The SMILES string of the molecule is Cc1nn(C)c2nc(-c3cccs3)cc(C(=O)N3CC4CCC(N)C4C3)c12.Cl.Cl. The van der Waals surface area contributed by atoms with Gasteiger partial charge < -0.3 is 10.6 Å². The normalized spacial score (nSPS) is 23.0. The first-order chi connectivity index (χ1) is 13.0. The van der Waals surface area contributed by atoms with Crippen molar-refractivity contribution in [3.63, 3.8) is 0 Å². The van der Waals surface area contributed by atoms with Crippen molar-refractivity contribution in [3.05, 3.63) is 34.8 Å². The molecule has 1 amide bonds. The van der Waals surface area contributed by atoms with Crippen molar-refractivity contribution in [2.24, 2.45) is 24.6 Å². The van der Waals surface area contributed by atoms with Gasteiger partial charge in [0.25, 0.3) is 5.91 Å². The molecule has 4 heterocycles. The van der Waals surface area contributed by atoms with Crippen LogP contribution in [0.4, 0.5) is 0 Å². The van der Waals surface area contributed by atoms with Crippen molar-refractivity contribution in [1.82, 2.24) is 19.7 Å². The van der Waals surface area contributed by atoms with Gasteiger partial charge in [0, 0.05) is 26.2 Å². The predicted molar refractivity (Wildman–Crippen MR) is 121 cm³/mol. The van der Waals surface area contributed by atoms with Crippen molar-refractivity contribution in [2.45, 2.75) is 25.8 Å². The first kappa shape index (κ1) is 22.0. The van der Waals surface area contributed by atoms with E-state index in [2.05, 4.69) is 5.10 Å². The lowest BCUT2D eigenvalue weighted by Crippen LogP contribution is -2.33. The molecule has 1 aliphatic carbocycles. The summed E-state index contributed by atoms with van der Waals surface area (Å²) in [5.41, 5.74) is 9.42. The number of amides is 1. The fourth-order valence-electron chi connectivity index (χ4n) is 4.81. The van der Waals surface area contributed by atoms with E-state index in [0.717, 1.165) is 53.2 Å². The molecule has 29 heavy (non-hydrogen) atoms. The molecule has 5 rings (SSSR count). The number of nitrogens with zero attached hydrogens (tertiary/aromatic N) is 4. The number of fused-ring (bicyclic) bond motifs is 2. The maximum atomic E-state index is 13.5. The highest BCUT2D eigenvalue weighted by Gasteiger charge is 2.43. The first-order valence-electron chi connectivity index (χ1n) is 9.46. The van der Waals surface area contributed by atoms with Crippen LogP contribution in [0, 0.1) is 18.8 Å². The summed E-state index contributed by atoms with van der Waals surface area (Å²) in [6.45, 7) is 3.52. The second kappa shape index (κ2) is 8.22. The molecule has 3 aromatic rings. The number of pyridine rings is 1. The average molecular weight is 454 g/mol. The molecule has 1 aliphatic heterocycles. The van der Waals surface area contributed by atoms with Gasteiger partial charge in [0.05, 0.1) is 27.2 Å². The van der Waals surface area contributed by atoms with Gasteiger partial charge in [-0.05, 0) is 49.1 Å². The van der Waals surface area contributed by atoms with Gasteiger partial charge in [0.1, 0.15) is 0 Å². The summed E-state index contributed by atoms with van der Waals surface area (Å²) in [4.78, 5) is 21.4. The minimum Gasteiger partial charge on any atom is -0.338 e. The largest absolute Gasteiger partial charge is 0.338 e. The molecule has 2 fully saturated rings. The Labute approximate surface area is 186 Å². The van der Waals surface area contributed by atoms with Crippen LogP contribution < -0.4 is 5.73 Å². The van der Waals surface area contributed by atoms with Gasteiger partial charge >= 0.3 is 0 Å². The summed E-state index contributed by atoms with van der Waals surface area (Å²) >= 11 is 1.63. The minimum atomic E-state index is 0. The molecular weight excluding hydrogens is 429 g/mol. The highest BCUT2D eigenvalue weighted by molar-refractivity contribution is 7.13. The summed E-state index contributed by atoms with van der Waals surface area (Å²) < 4.78 is 1.77. The predicted octanol–water partition coefficient (Wildman–Crippen LogP) is 3.66. The van der Waals surface area contributed by atoms with Crippen LogP contribution in [0.1, 0.15) is 28.9 Å². The number of hydrogen-bond acceptors (Lipinski definition) is 5. The minimum absolute atomic E-state index is 0. The van der Waals surface area contributed by atoms with Gasteiger partial charge in [-0.3, -0.25) is 9.48 Å². The number of halogens is 2. The molecule has 1 saturated heterocycles. The summed E-state index contributed by atoms with van der Waals surface area (Å²) in [7, 11) is 1.88. The van der Waals surface area contributed by atoms with Crippen molar-refractivity contribution in [1.29, 1.82) is 0 Å². The fourth-order valence-corrected chi connectivity index (χ4v) is 5.49. The van der Waals surface area contributed by atoms with E-state index in [1.165, 1.54) is 0 Å². The summed E-state index contributed by atoms with van der Waals surface area (Å²) in [6.07, 6.45) is 2.22. The van der Waals surface area contributed by atoms with Crippen LogP contribution in [0.2, 0.25) is 0 Å². The summed E-state index contributed by atoms with van der Waals surface area (Å²) in [5, 5.41) is 7.41. The Hall–Kier alpha value is -1.67. The highest BCUT2D eigenvalue weighted by atomic mass is 35.5. The van der Waals surface area contributed by atoms with Gasteiger partial charge in [-0.15, -0.1) is 36.2 Å². The van der Waals surface area contributed by atoms with Crippen LogP contribution in [0.5, 0.6) is 0 Å². The van der Waals surface area contributed by atoms with Crippen molar-refractivity contribution in [2.75, 3.05) is 13.1 Å². The number of rotatable bonds is 2. The third-order valence-electron chi connectivity index (χ3n) is 6.17. The maximum Gasteiger partial charge on any atom is 0.254 e. The monoisotopic (exact) mass is 453 g/mol. The molecular formula is C20H25Cl2N5OS. The number of carbonyl (C=O) groups excluding carboxylic acids is 1. The molecule has 0 spiro atoms. The van der Waals surface area contributed by atoms with Crippen molar-refractivity contribution >= 4 is 53.1 Å². The van der Waals surface area contributed by atoms with Crippen molar-refractivity contribution < 1.29 is 4.79 Å². The topological polar surface area (TPSA) is 77.0 Å². The molecule has 3 atom stereocenters. The second-order valence-corrected chi connectivity index (χ2v) is 8.76. The Morgan fingerprint density at radius 2 is 2.07 bits per heavy atom. The zero-order chi connectivity index (χ0) is 18.7. The number of carbonyl (C=O) groups is 1. The van der Waals surface area contributed by atoms with Crippen LogP contribution in [-0.4, -0.2) is 44.7 Å². The van der Waals surface area contributed by atoms with E-state index in [-0.39, 0.29) is 36.8 Å². The molecule has 1 saturated carbocycles. The second-order valence-electron chi connectivity index (χ2n) is 7.82. The van der Waals surface area contributed by atoms with Crippen LogP contribution in [0.15, 0.2) is 23.6 Å². The Bertz CT molecular complexity index is 1040. The first-order valence-corrected chi connectivity index (χ1v) is 10.3. The van der Waals surface area contributed by atoms with Gasteiger partial charge in [0.2, 0.25) is 0 Å². The van der Waals surface area contributed by atoms with Crippen LogP contribution in [0.25, 0.3) is 21.6 Å². The van der Waals surface area contributed by atoms with Gasteiger partial charge in [-0.25, -0.2) is 4.98 Å².